The van der Waals surface area contributed by atoms with Crippen LogP contribution in [0.5, 0.6) is 0 Å². The highest BCUT2D eigenvalue weighted by molar-refractivity contribution is 7.94. The van der Waals surface area contributed by atoms with Gasteiger partial charge in [0.1, 0.15) is 0 Å². The Balaban J connectivity index is 2.11. The van der Waals surface area contributed by atoms with Gasteiger partial charge in [-0.05, 0) is 61.7 Å². The van der Waals surface area contributed by atoms with Crippen molar-refractivity contribution in [3.63, 3.8) is 0 Å². The molecule has 0 bridgehead atoms. The van der Waals surface area contributed by atoms with Crippen LogP contribution in [0.15, 0.2) is 53.9 Å². The molecule has 1 aliphatic heterocycles. The third kappa shape index (κ3) is 3.66. The first-order valence-corrected chi connectivity index (χ1v) is 9.87. The number of anilines is 1. The van der Waals surface area contributed by atoms with E-state index in [1.807, 2.05) is 57.2 Å². The highest BCUT2D eigenvalue weighted by Gasteiger charge is 2.32. The van der Waals surface area contributed by atoms with Crippen molar-refractivity contribution in [2.75, 3.05) is 10.7 Å². The molecule has 0 saturated carbocycles. The SMILES string of the molecule is Cc1cc(C)cc(N(C(=O)c2ccccc2C)[C@H]2C=CS(=O)(=O)C2)c1. The van der Waals surface area contributed by atoms with Crippen molar-refractivity contribution >= 4 is 21.4 Å². The average Bonchev–Trinajstić information content (AvgIpc) is 2.86. The summed E-state index contributed by atoms with van der Waals surface area (Å²) in [7, 11) is -3.27. The van der Waals surface area contributed by atoms with Crippen LogP contribution in [0.1, 0.15) is 27.0 Å². The van der Waals surface area contributed by atoms with Crippen LogP contribution in [0.25, 0.3) is 0 Å². The molecule has 0 aliphatic carbocycles. The quantitative estimate of drug-likeness (QED) is 0.846. The molecule has 1 aliphatic rings. The molecule has 0 unspecified atom stereocenters. The number of amides is 1. The molecule has 1 atom stereocenters. The van der Waals surface area contributed by atoms with E-state index in [9.17, 15) is 13.2 Å². The maximum absolute atomic E-state index is 13.3. The highest BCUT2D eigenvalue weighted by atomic mass is 32.2. The molecule has 2 aromatic rings. The summed E-state index contributed by atoms with van der Waals surface area (Å²) < 4.78 is 23.8. The van der Waals surface area contributed by atoms with Gasteiger partial charge in [0, 0.05) is 16.7 Å². The molecular weight excluding hydrogens is 334 g/mol. The number of aryl methyl sites for hydroxylation is 3. The third-order valence-corrected chi connectivity index (χ3v) is 5.70. The Kier molecular flexibility index (Phi) is 4.52. The lowest BCUT2D eigenvalue weighted by Crippen LogP contribution is -2.41. The van der Waals surface area contributed by atoms with E-state index in [1.54, 1.807) is 17.0 Å². The Hall–Kier alpha value is -2.40. The zero-order valence-electron chi connectivity index (χ0n) is 14.6. The molecule has 3 rings (SSSR count). The number of carbonyl (C=O) groups excluding carboxylic acids is 1. The predicted octanol–water partition coefficient (Wildman–Crippen LogP) is 3.57. The molecule has 130 valence electrons. The van der Waals surface area contributed by atoms with Gasteiger partial charge in [0.2, 0.25) is 0 Å². The Bertz CT molecular complexity index is 940. The molecule has 0 radical (unpaired) electrons. The van der Waals surface area contributed by atoms with Crippen LogP contribution < -0.4 is 4.90 Å². The van der Waals surface area contributed by atoms with Gasteiger partial charge in [0.15, 0.2) is 9.84 Å². The van der Waals surface area contributed by atoms with Crippen LogP contribution >= 0.6 is 0 Å². The fourth-order valence-corrected chi connectivity index (χ4v) is 4.48. The number of hydrogen-bond acceptors (Lipinski definition) is 3. The lowest BCUT2D eigenvalue weighted by molar-refractivity contribution is 0.0982. The Morgan fingerprint density at radius 3 is 2.24 bits per heavy atom. The van der Waals surface area contributed by atoms with Gasteiger partial charge in [0.05, 0.1) is 11.8 Å². The maximum Gasteiger partial charge on any atom is 0.259 e. The van der Waals surface area contributed by atoms with Gasteiger partial charge in [-0.15, -0.1) is 0 Å². The van der Waals surface area contributed by atoms with E-state index in [0.29, 0.717) is 5.56 Å². The molecule has 25 heavy (non-hydrogen) atoms. The molecule has 0 aromatic heterocycles. The van der Waals surface area contributed by atoms with Crippen molar-refractivity contribution in [1.29, 1.82) is 0 Å². The highest BCUT2D eigenvalue weighted by Crippen LogP contribution is 2.27. The van der Waals surface area contributed by atoms with Gasteiger partial charge in [-0.1, -0.05) is 24.3 Å². The summed E-state index contributed by atoms with van der Waals surface area (Å²) in [6.45, 7) is 5.82. The Morgan fingerprint density at radius 2 is 1.68 bits per heavy atom. The second-order valence-corrected chi connectivity index (χ2v) is 8.49. The summed E-state index contributed by atoms with van der Waals surface area (Å²) in [6.07, 6.45) is 1.60. The van der Waals surface area contributed by atoms with E-state index < -0.39 is 15.9 Å². The van der Waals surface area contributed by atoms with Crippen LogP contribution in [-0.2, 0) is 9.84 Å². The summed E-state index contributed by atoms with van der Waals surface area (Å²) in [5, 5.41) is 1.21. The standard InChI is InChI=1S/C20H21NO3S/c1-14-10-15(2)12-18(11-14)21(17-8-9-25(23,24)13-17)20(22)19-7-5-4-6-16(19)3/h4-12,17H,13H2,1-3H3/t17-/m0/s1. The van der Waals surface area contributed by atoms with Crippen molar-refractivity contribution < 1.29 is 13.2 Å². The van der Waals surface area contributed by atoms with Crippen molar-refractivity contribution in [1.82, 2.24) is 0 Å². The number of carbonyl (C=O) groups is 1. The Morgan fingerprint density at radius 1 is 1.04 bits per heavy atom. The molecule has 5 heteroatoms. The summed E-state index contributed by atoms with van der Waals surface area (Å²) in [6, 6.07) is 12.7. The molecule has 0 N–H and O–H groups in total. The zero-order chi connectivity index (χ0) is 18.2. The van der Waals surface area contributed by atoms with Crippen molar-refractivity contribution in [2.24, 2.45) is 0 Å². The van der Waals surface area contributed by atoms with Crippen LogP contribution in [0.3, 0.4) is 0 Å². The van der Waals surface area contributed by atoms with Gasteiger partial charge in [0.25, 0.3) is 5.91 Å². The van der Waals surface area contributed by atoms with Crippen LogP contribution in [0.4, 0.5) is 5.69 Å². The van der Waals surface area contributed by atoms with E-state index >= 15 is 0 Å². The lowest BCUT2D eigenvalue weighted by Gasteiger charge is -2.29. The maximum atomic E-state index is 13.3. The fraction of sp³-hybridized carbons (Fsp3) is 0.250. The largest absolute Gasteiger partial charge is 0.300 e. The monoisotopic (exact) mass is 355 g/mol. The minimum absolute atomic E-state index is 0.0857. The van der Waals surface area contributed by atoms with Gasteiger partial charge in [-0.2, -0.15) is 0 Å². The number of rotatable bonds is 3. The number of benzene rings is 2. The molecule has 0 fully saturated rings. The second-order valence-electron chi connectivity index (χ2n) is 6.56. The van der Waals surface area contributed by atoms with Crippen LogP contribution in [0, 0.1) is 20.8 Å². The zero-order valence-corrected chi connectivity index (χ0v) is 15.4. The minimum Gasteiger partial charge on any atom is -0.300 e. The van der Waals surface area contributed by atoms with E-state index in [0.717, 1.165) is 22.4 Å². The molecule has 4 nitrogen and oxygen atoms in total. The van der Waals surface area contributed by atoms with E-state index in [2.05, 4.69) is 0 Å². The van der Waals surface area contributed by atoms with Gasteiger partial charge >= 0.3 is 0 Å². The smallest absolute Gasteiger partial charge is 0.259 e. The topological polar surface area (TPSA) is 54.5 Å². The predicted molar refractivity (Wildman–Crippen MR) is 101 cm³/mol. The molecule has 2 aromatic carbocycles. The van der Waals surface area contributed by atoms with E-state index in [-0.39, 0.29) is 11.7 Å². The summed E-state index contributed by atoms with van der Waals surface area (Å²) >= 11 is 0. The molecule has 0 spiro atoms. The molecular formula is C20H21NO3S. The van der Waals surface area contributed by atoms with Crippen LogP contribution in [0.2, 0.25) is 0 Å². The second kappa shape index (κ2) is 6.48. The Labute approximate surface area is 148 Å². The fourth-order valence-electron chi connectivity index (χ4n) is 3.21. The van der Waals surface area contributed by atoms with E-state index in [4.69, 9.17) is 0 Å². The lowest BCUT2D eigenvalue weighted by atomic mass is 10.0. The van der Waals surface area contributed by atoms with Gasteiger partial charge in [-0.3, -0.25) is 4.79 Å². The summed E-state index contributed by atoms with van der Waals surface area (Å²) in [4.78, 5) is 14.9. The summed E-state index contributed by atoms with van der Waals surface area (Å²) in [5.41, 5.74) is 4.23. The number of nitrogens with zero attached hydrogens (tertiary/aromatic N) is 1. The normalized spacial score (nSPS) is 18.3. The number of sulfone groups is 1. The van der Waals surface area contributed by atoms with Gasteiger partial charge < -0.3 is 4.90 Å². The molecule has 0 saturated heterocycles. The van der Waals surface area contributed by atoms with Crippen molar-refractivity contribution in [3.05, 3.63) is 76.2 Å². The first kappa shape index (κ1) is 17.4. The minimum atomic E-state index is -3.27. The van der Waals surface area contributed by atoms with Crippen LogP contribution in [-0.4, -0.2) is 26.1 Å². The average molecular weight is 355 g/mol. The first-order valence-electron chi connectivity index (χ1n) is 8.15. The number of hydrogen-bond donors (Lipinski definition) is 0. The van der Waals surface area contributed by atoms with Gasteiger partial charge in [-0.25, -0.2) is 8.42 Å². The molecule has 1 heterocycles. The van der Waals surface area contributed by atoms with Crippen molar-refractivity contribution in [3.8, 4) is 0 Å². The van der Waals surface area contributed by atoms with E-state index in [1.165, 1.54) is 5.41 Å². The molecule has 1 amide bonds. The van der Waals surface area contributed by atoms with Crippen molar-refractivity contribution in [2.45, 2.75) is 26.8 Å². The first-order chi connectivity index (χ1) is 11.8. The third-order valence-electron chi connectivity index (χ3n) is 4.32. The summed E-state index contributed by atoms with van der Waals surface area (Å²) in [5.74, 6) is -0.271.